The highest BCUT2D eigenvalue weighted by Gasteiger charge is 2.12. The SMILES string of the molecule is CCCCCCCCCCCCCCCCOc1ccc(CC(=O)NCC2=CN(CCC)CC=C2)c(OC)c1. The van der Waals surface area contributed by atoms with Gasteiger partial charge in [-0.25, -0.2) is 0 Å². The first-order chi connectivity index (χ1) is 19.2. The number of amides is 1. The normalized spacial score (nSPS) is 12.9. The van der Waals surface area contributed by atoms with E-state index in [1.807, 2.05) is 18.2 Å². The maximum absolute atomic E-state index is 12.6. The number of unbranched alkanes of at least 4 members (excludes halogenated alkanes) is 13. The van der Waals surface area contributed by atoms with Gasteiger partial charge in [0.25, 0.3) is 0 Å². The van der Waals surface area contributed by atoms with Crippen LogP contribution in [0.2, 0.25) is 0 Å². The van der Waals surface area contributed by atoms with Crippen molar-refractivity contribution >= 4 is 5.91 Å². The lowest BCUT2D eigenvalue weighted by atomic mass is 10.0. The van der Waals surface area contributed by atoms with E-state index in [1.165, 1.54) is 83.5 Å². The highest BCUT2D eigenvalue weighted by molar-refractivity contribution is 5.79. The van der Waals surface area contributed by atoms with Crippen LogP contribution in [0.5, 0.6) is 11.5 Å². The van der Waals surface area contributed by atoms with Crippen LogP contribution in [0.4, 0.5) is 0 Å². The molecule has 1 amide bonds. The van der Waals surface area contributed by atoms with Gasteiger partial charge in [0.15, 0.2) is 0 Å². The van der Waals surface area contributed by atoms with Crippen LogP contribution in [-0.4, -0.2) is 44.2 Å². The summed E-state index contributed by atoms with van der Waals surface area (Å²) in [5, 5.41) is 3.04. The first kappa shape index (κ1) is 32.8. The van der Waals surface area contributed by atoms with Gasteiger partial charge in [0.2, 0.25) is 5.91 Å². The third-order valence-electron chi connectivity index (χ3n) is 7.40. The molecule has 0 spiro atoms. The van der Waals surface area contributed by atoms with Crippen LogP contribution in [0.1, 0.15) is 116 Å². The summed E-state index contributed by atoms with van der Waals surface area (Å²) < 4.78 is 11.5. The van der Waals surface area contributed by atoms with Crippen molar-refractivity contribution in [2.45, 2.75) is 117 Å². The van der Waals surface area contributed by atoms with E-state index in [2.05, 4.69) is 42.4 Å². The van der Waals surface area contributed by atoms with Crippen molar-refractivity contribution in [3.8, 4) is 11.5 Å². The lowest BCUT2D eigenvalue weighted by Gasteiger charge is -2.22. The number of methoxy groups -OCH3 is 1. The van der Waals surface area contributed by atoms with E-state index in [-0.39, 0.29) is 12.3 Å². The van der Waals surface area contributed by atoms with Gasteiger partial charge in [0.05, 0.1) is 20.1 Å². The van der Waals surface area contributed by atoms with Gasteiger partial charge in [-0.1, -0.05) is 116 Å². The van der Waals surface area contributed by atoms with E-state index in [9.17, 15) is 4.79 Å². The molecule has 2 rings (SSSR count). The number of carbonyl (C=O) groups is 1. The molecule has 1 aliphatic rings. The van der Waals surface area contributed by atoms with Crippen molar-refractivity contribution in [3.63, 3.8) is 0 Å². The lowest BCUT2D eigenvalue weighted by molar-refractivity contribution is -0.120. The molecular weight excluding hydrogens is 484 g/mol. The van der Waals surface area contributed by atoms with Crippen LogP contribution in [-0.2, 0) is 11.2 Å². The zero-order chi connectivity index (χ0) is 28.0. The molecule has 0 atom stereocenters. The second kappa shape index (κ2) is 21.4. The maximum Gasteiger partial charge on any atom is 0.224 e. The Morgan fingerprint density at radius 2 is 1.51 bits per heavy atom. The molecule has 0 saturated carbocycles. The monoisotopic (exact) mass is 540 g/mol. The minimum Gasteiger partial charge on any atom is -0.496 e. The smallest absolute Gasteiger partial charge is 0.224 e. The molecule has 220 valence electrons. The molecule has 5 heteroatoms. The number of carbonyl (C=O) groups excluding carboxylic acids is 1. The summed E-state index contributed by atoms with van der Waals surface area (Å²) in [6.07, 6.45) is 26.8. The Morgan fingerprint density at radius 3 is 2.13 bits per heavy atom. The third kappa shape index (κ3) is 15.1. The summed E-state index contributed by atoms with van der Waals surface area (Å²) in [5.74, 6) is 1.50. The van der Waals surface area contributed by atoms with Crippen molar-refractivity contribution < 1.29 is 14.3 Å². The fourth-order valence-corrected chi connectivity index (χ4v) is 5.10. The van der Waals surface area contributed by atoms with Crippen LogP contribution >= 0.6 is 0 Å². The molecule has 1 aromatic rings. The largest absolute Gasteiger partial charge is 0.496 e. The predicted octanol–water partition coefficient (Wildman–Crippen LogP) is 8.38. The van der Waals surface area contributed by atoms with Crippen LogP contribution in [0.25, 0.3) is 0 Å². The average molecular weight is 541 g/mol. The first-order valence-electron chi connectivity index (χ1n) is 15.8. The minimum atomic E-state index is -0.00806. The highest BCUT2D eigenvalue weighted by atomic mass is 16.5. The Bertz CT molecular complexity index is 849. The molecule has 39 heavy (non-hydrogen) atoms. The fourth-order valence-electron chi connectivity index (χ4n) is 5.10. The Kier molecular flexibility index (Phi) is 18.0. The molecule has 0 saturated heterocycles. The Morgan fingerprint density at radius 1 is 0.872 bits per heavy atom. The number of hydrogen-bond acceptors (Lipinski definition) is 4. The third-order valence-corrected chi connectivity index (χ3v) is 7.40. The van der Waals surface area contributed by atoms with Crippen molar-refractivity contribution in [3.05, 3.63) is 47.7 Å². The van der Waals surface area contributed by atoms with Crippen molar-refractivity contribution in [2.75, 3.05) is 33.4 Å². The standard InChI is InChI=1S/C34H56N2O3/c1-4-6-7-8-9-10-11-12-13-14-15-16-17-18-25-39-32-22-21-31(33(27-32)38-3)26-34(37)35-28-30-20-19-24-36(29-30)23-5-2/h19-22,27,29H,4-18,23-26,28H2,1-3H3,(H,35,37). The molecule has 1 aromatic carbocycles. The summed E-state index contributed by atoms with van der Waals surface area (Å²) in [6.45, 7) is 7.70. The van der Waals surface area contributed by atoms with E-state index in [1.54, 1.807) is 7.11 Å². The summed E-state index contributed by atoms with van der Waals surface area (Å²) in [4.78, 5) is 14.9. The molecule has 0 unspecified atom stereocenters. The Labute approximate surface area is 239 Å². The highest BCUT2D eigenvalue weighted by Crippen LogP contribution is 2.25. The van der Waals surface area contributed by atoms with E-state index in [4.69, 9.17) is 9.47 Å². The summed E-state index contributed by atoms with van der Waals surface area (Å²) in [5.41, 5.74) is 2.00. The minimum absolute atomic E-state index is 0.00806. The van der Waals surface area contributed by atoms with E-state index < -0.39 is 0 Å². The van der Waals surface area contributed by atoms with Gasteiger partial charge < -0.3 is 19.7 Å². The van der Waals surface area contributed by atoms with Gasteiger partial charge in [-0.05, 0) is 24.5 Å². The van der Waals surface area contributed by atoms with Crippen LogP contribution in [0.3, 0.4) is 0 Å². The quantitative estimate of drug-likeness (QED) is 0.142. The van der Waals surface area contributed by atoms with Crippen LogP contribution in [0.15, 0.2) is 42.1 Å². The van der Waals surface area contributed by atoms with E-state index >= 15 is 0 Å². The van der Waals surface area contributed by atoms with Gasteiger partial charge in [-0.3, -0.25) is 4.79 Å². The maximum atomic E-state index is 12.6. The summed E-state index contributed by atoms with van der Waals surface area (Å²) in [6, 6.07) is 5.80. The van der Waals surface area contributed by atoms with E-state index in [0.29, 0.717) is 12.3 Å². The number of benzene rings is 1. The number of hydrogen-bond donors (Lipinski definition) is 1. The summed E-state index contributed by atoms with van der Waals surface area (Å²) in [7, 11) is 1.65. The Hall–Kier alpha value is -2.43. The molecule has 0 aromatic heterocycles. The molecule has 0 bridgehead atoms. The van der Waals surface area contributed by atoms with E-state index in [0.717, 1.165) is 49.4 Å². The van der Waals surface area contributed by atoms with Gasteiger partial charge >= 0.3 is 0 Å². The zero-order valence-corrected chi connectivity index (χ0v) is 25.3. The second-order valence-electron chi connectivity index (χ2n) is 11.0. The van der Waals surface area contributed by atoms with Gasteiger partial charge in [-0.2, -0.15) is 0 Å². The fraction of sp³-hybridized carbons (Fsp3) is 0.676. The molecule has 1 aliphatic heterocycles. The van der Waals surface area contributed by atoms with Crippen molar-refractivity contribution in [1.29, 1.82) is 0 Å². The number of ether oxygens (including phenoxy) is 2. The van der Waals surface area contributed by atoms with Gasteiger partial charge in [0, 0.05) is 37.5 Å². The average Bonchev–Trinajstić information content (AvgIpc) is 2.95. The van der Waals surface area contributed by atoms with Crippen LogP contribution < -0.4 is 14.8 Å². The number of rotatable bonds is 23. The molecule has 1 N–H and O–H groups in total. The second-order valence-corrected chi connectivity index (χ2v) is 11.0. The molecule has 0 radical (unpaired) electrons. The van der Waals surface area contributed by atoms with Crippen LogP contribution in [0, 0.1) is 0 Å². The molecule has 0 fully saturated rings. The molecule has 5 nitrogen and oxygen atoms in total. The van der Waals surface area contributed by atoms with Crippen molar-refractivity contribution in [1.82, 2.24) is 10.2 Å². The summed E-state index contributed by atoms with van der Waals surface area (Å²) >= 11 is 0. The van der Waals surface area contributed by atoms with Crippen molar-refractivity contribution in [2.24, 2.45) is 0 Å². The first-order valence-corrected chi connectivity index (χ1v) is 15.8. The predicted molar refractivity (Wildman–Crippen MR) is 165 cm³/mol. The van der Waals surface area contributed by atoms with Gasteiger partial charge in [0.1, 0.15) is 11.5 Å². The van der Waals surface area contributed by atoms with Gasteiger partial charge in [-0.15, -0.1) is 0 Å². The zero-order valence-electron chi connectivity index (χ0n) is 25.3. The molecular formula is C34H56N2O3. The Balaban J connectivity index is 1.55. The molecule has 1 heterocycles. The lowest BCUT2D eigenvalue weighted by Crippen LogP contribution is -2.29. The number of nitrogens with one attached hydrogen (secondary N) is 1. The topological polar surface area (TPSA) is 50.8 Å². The number of nitrogens with zero attached hydrogens (tertiary/aromatic N) is 1. The molecule has 0 aliphatic carbocycles.